The van der Waals surface area contributed by atoms with Crippen LogP contribution in [0.3, 0.4) is 0 Å². The molecule has 162 valence electrons. The molecule has 6 heteroatoms. The number of hydrogen-bond donors (Lipinski definition) is 1. The minimum atomic E-state index is -0.275. The molecule has 1 fully saturated rings. The number of rotatable bonds is 4. The first-order valence-corrected chi connectivity index (χ1v) is 11.5. The number of nitrogens with zero attached hydrogens (tertiary/aromatic N) is 4. The minimum absolute atomic E-state index is 0.0154. The van der Waals surface area contributed by atoms with E-state index in [1.54, 1.807) is 6.20 Å². The lowest BCUT2D eigenvalue weighted by atomic mass is 9.95. The van der Waals surface area contributed by atoms with Gasteiger partial charge in [0.2, 0.25) is 5.88 Å². The van der Waals surface area contributed by atoms with E-state index in [9.17, 15) is 5.11 Å². The molecule has 1 aliphatic carbocycles. The van der Waals surface area contributed by atoms with Crippen LogP contribution in [0.5, 0.6) is 5.88 Å². The van der Waals surface area contributed by atoms with Gasteiger partial charge in [-0.1, -0.05) is 30.3 Å². The summed E-state index contributed by atoms with van der Waals surface area (Å²) >= 11 is 0. The molecule has 0 bridgehead atoms. The number of aromatic nitrogens is 4. The van der Waals surface area contributed by atoms with Crippen molar-refractivity contribution in [3.05, 3.63) is 72.2 Å². The van der Waals surface area contributed by atoms with Gasteiger partial charge in [-0.05, 0) is 49.4 Å². The molecule has 0 saturated heterocycles. The zero-order valence-electron chi connectivity index (χ0n) is 17.9. The maximum atomic E-state index is 9.93. The number of benzene rings is 1. The second-order valence-electron chi connectivity index (χ2n) is 8.85. The molecule has 1 N–H and O–H groups in total. The quantitative estimate of drug-likeness (QED) is 0.512. The molecule has 4 aromatic rings. The van der Waals surface area contributed by atoms with Crippen LogP contribution in [-0.4, -0.2) is 36.8 Å². The van der Waals surface area contributed by atoms with Crippen LogP contribution in [0.15, 0.2) is 60.8 Å². The smallest absolute Gasteiger partial charge is 0.214 e. The first kappa shape index (κ1) is 19.4. The summed E-state index contributed by atoms with van der Waals surface area (Å²) in [4.78, 5) is 14.3. The van der Waals surface area contributed by atoms with Gasteiger partial charge in [-0.25, -0.2) is 15.0 Å². The standard InChI is InChI=1S/C26H26N4O2/c31-19-7-4-8-20(16-19)32-25-15-18(13-14-27-25)21-9-10-22-26(29-21)30-23(11-12-24(30)28-22)17-5-2-1-3-6-17/h1-3,5-6,9-10,13-15,19-20,23,31H,4,7-8,11-12,16H2/t19?,20?,23-/m1/s1. The molecule has 1 aromatic carbocycles. The van der Waals surface area contributed by atoms with Crippen LogP contribution in [-0.2, 0) is 6.42 Å². The van der Waals surface area contributed by atoms with Gasteiger partial charge in [0.25, 0.3) is 0 Å². The summed E-state index contributed by atoms with van der Waals surface area (Å²) in [5.74, 6) is 1.69. The predicted molar refractivity (Wildman–Crippen MR) is 123 cm³/mol. The molecular weight excluding hydrogens is 400 g/mol. The first-order chi connectivity index (χ1) is 15.7. The molecule has 2 aliphatic rings. The highest BCUT2D eigenvalue weighted by molar-refractivity contribution is 5.77. The van der Waals surface area contributed by atoms with E-state index < -0.39 is 0 Å². The maximum Gasteiger partial charge on any atom is 0.214 e. The lowest BCUT2D eigenvalue weighted by Gasteiger charge is -2.26. The van der Waals surface area contributed by atoms with E-state index in [1.807, 2.05) is 18.2 Å². The lowest BCUT2D eigenvalue weighted by molar-refractivity contribution is 0.0514. The monoisotopic (exact) mass is 426 g/mol. The van der Waals surface area contributed by atoms with Crippen LogP contribution in [0.2, 0.25) is 0 Å². The highest BCUT2D eigenvalue weighted by Crippen LogP contribution is 2.35. The highest BCUT2D eigenvalue weighted by Gasteiger charge is 2.28. The summed E-state index contributed by atoms with van der Waals surface area (Å²) in [7, 11) is 0. The number of fused-ring (bicyclic) bond motifs is 3. The van der Waals surface area contributed by atoms with Gasteiger partial charge in [0.15, 0.2) is 5.65 Å². The summed E-state index contributed by atoms with van der Waals surface area (Å²) in [5, 5.41) is 9.93. The van der Waals surface area contributed by atoms with Gasteiger partial charge in [0.1, 0.15) is 17.4 Å². The average Bonchev–Trinajstić information content (AvgIpc) is 3.39. The summed E-state index contributed by atoms with van der Waals surface area (Å²) in [6, 6.07) is 18.9. The van der Waals surface area contributed by atoms with Gasteiger partial charge in [-0.2, -0.15) is 0 Å². The van der Waals surface area contributed by atoms with Gasteiger partial charge < -0.3 is 14.4 Å². The van der Waals surface area contributed by atoms with Crippen LogP contribution in [0.1, 0.15) is 49.5 Å². The van der Waals surface area contributed by atoms with Crippen molar-refractivity contribution < 1.29 is 9.84 Å². The molecule has 32 heavy (non-hydrogen) atoms. The molecule has 1 saturated carbocycles. The minimum Gasteiger partial charge on any atom is -0.474 e. The molecule has 1 aliphatic heterocycles. The fraction of sp³-hybridized carbons (Fsp3) is 0.346. The Bertz CT molecular complexity index is 1250. The number of pyridine rings is 2. The molecule has 0 radical (unpaired) electrons. The molecule has 2 unspecified atom stereocenters. The summed E-state index contributed by atoms with van der Waals surface area (Å²) in [6.07, 6.45) is 6.98. The number of aryl methyl sites for hydroxylation is 1. The normalized spacial score (nSPS) is 22.7. The maximum absolute atomic E-state index is 9.93. The van der Waals surface area contributed by atoms with E-state index in [1.165, 1.54) is 5.56 Å². The second-order valence-corrected chi connectivity index (χ2v) is 8.85. The molecule has 0 amide bonds. The van der Waals surface area contributed by atoms with Crippen LogP contribution < -0.4 is 4.74 Å². The van der Waals surface area contributed by atoms with Crippen molar-refractivity contribution in [1.29, 1.82) is 0 Å². The Labute approximate surface area is 186 Å². The molecular formula is C26H26N4O2. The van der Waals surface area contributed by atoms with E-state index in [-0.39, 0.29) is 18.2 Å². The van der Waals surface area contributed by atoms with E-state index in [4.69, 9.17) is 14.7 Å². The molecule has 3 aromatic heterocycles. The first-order valence-electron chi connectivity index (χ1n) is 11.5. The third-order valence-electron chi connectivity index (χ3n) is 6.66. The molecule has 4 heterocycles. The SMILES string of the molecule is OC1CCCC(Oc2cc(-c3ccc4nc5n(c4n3)[C@@H](c3ccccc3)CC5)ccn2)C1. The fourth-order valence-electron chi connectivity index (χ4n) is 5.10. The highest BCUT2D eigenvalue weighted by atomic mass is 16.5. The van der Waals surface area contributed by atoms with Gasteiger partial charge in [-0.3, -0.25) is 0 Å². The number of aliphatic hydroxyl groups is 1. The van der Waals surface area contributed by atoms with Crippen molar-refractivity contribution in [3.8, 4) is 17.1 Å². The van der Waals surface area contributed by atoms with Crippen molar-refractivity contribution in [2.24, 2.45) is 0 Å². The molecule has 3 atom stereocenters. The summed E-state index contributed by atoms with van der Waals surface area (Å²) in [6.45, 7) is 0. The molecule has 0 spiro atoms. The van der Waals surface area contributed by atoms with Crippen molar-refractivity contribution in [3.63, 3.8) is 0 Å². The zero-order valence-corrected chi connectivity index (χ0v) is 17.9. The van der Waals surface area contributed by atoms with Crippen molar-refractivity contribution in [2.45, 2.75) is 56.8 Å². The number of aliphatic hydroxyl groups excluding tert-OH is 1. The van der Waals surface area contributed by atoms with Crippen molar-refractivity contribution in [2.75, 3.05) is 0 Å². The Hall–Kier alpha value is -3.25. The van der Waals surface area contributed by atoms with Crippen LogP contribution >= 0.6 is 0 Å². The fourth-order valence-corrected chi connectivity index (χ4v) is 5.10. The average molecular weight is 427 g/mol. The van der Waals surface area contributed by atoms with E-state index in [2.05, 4.69) is 45.9 Å². The van der Waals surface area contributed by atoms with Gasteiger partial charge in [0.05, 0.1) is 17.8 Å². The third kappa shape index (κ3) is 3.54. The predicted octanol–water partition coefficient (Wildman–Crippen LogP) is 4.71. The number of hydrogen-bond acceptors (Lipinski definition) is 5. The Kier molecular flexibility index (Phi) is 4.87. The second kappa shape index (κ2) is 8.02. The van der Waals surface area contributed by atoms with E-state index in [0.29, 0.717) is 12.3 Å². The van der Waals surface area contributed by atoms with Crippen molar-refractivity contribution in [1.82, 2.24) is 19.5 Å². The number of ether oxygens (including phenoxy) is 1. The van der Waals surface area contributed by atoms with Crippen LogP contribution in [0.4, 0.5) is 0 Å². The van der Waals surface area contributed by atoms with Crippen molar-refractivity contribution >= 4 is 11.2 Å². The molecule has 6 rings (SSSR count). The van der Waals surface area contributed by atoms with E-state index in [0.717, 1.165) is 60.3 Å². The van der Waals surface area contributed by atoms with Crippen LogP contribution in [0.25, 0.3) is 22.4 Å². The van der Waals surface area contributed by atoms with E-state index >= 15 is 0 Å². The van der Waals surface area contributed by atoms with Crippen LogP contribution in [0, 0.1) is 0 Å². The third-order valence-corrected chi connectivity index (χ3v) is 6.66. The Morgan fingerprint density at radius 2 is 1.88 bits per heavy atom. The Morgan fingerprint density at radius 3 is 2.75 bits per heavy atom. The topological polar surface area (TPSA) is 73.1 Å². The Morgan fingerprint density at radius 1 is 0.969 bits per heavy atom. The molecule has 6 nitrogen and oxygen atoms in total. The Balaban J connectivity index is 1.33. The summed E-state index contributed by atoms with van der Waals surface area (Å²) in [5.41, 5.74) is 5.02. The number of imidazole rings is 1. The zero-order chi connectivity index (χ0) is 21.5. The van der Waals surface area contributed by atoms with Gasteiger partial charge in [-0.15, -0.1) is 0 Å². The van der Waals surface area contributed by atoms with Gasteiger partial charge in [0, 0.05) is 30.7 Å². The largest absolute Gasteiger partial charge is 0.474 e. The summed E-state index contributed by atoms with van der Waals surface area (Å²) < 4.78 is 8.39. The van der Waals surface area contributed by atoms with Gasteiger partial charge >= 0.3 is 0 Å². The lowest BCUT2D eigenvalue weighted by Crippen LogP contribution is -2.28.